The molecule has 0 fully saturated rings. The van der Waals surface area contributed by atoms with E-state index in [9.17, 15) is 9.59 Å². The van der Waals surface area contributed by atoms with E-state index >= 15 is 0 Å². The van der Waals surface area contributed by atoms with Gasteiger partial charge in [-0.15, -0.1) is 0 Å². The van der Waals surface area contributed by atoms with Gasteiger partial charge in [-0.05, 0) is 0 Å². The highest BCUT2D eigenvalue weighted by Crippen LogP contribution is 1.78. The van der Waals surface area contributed by atoms with Gasteiger partial charge in [0.1, 0.15) is 0 Å². The average Bonchev–Trinajstić information content (AvgIpc) is 2.04. The Morgan fingerprint density at radius 3 is 2.00 bits per heavy atom. The molecule has 4 heteroatoms. The number of hydrogen-bond acceptors (Lipinski definition) is 4. The normalized spacial score (nSPS) is 7.27. The summed E-state index contributed by atoms with van der Waals surface area (Å²) >= 11 is 0. The summed E-state index contributed by atoms with van der Waals surface area (Å²) in [6, 6.07) is 0. The molecule has 11 heavy (non-hydrogen) atoms. The Labute approximate surface area is 66.5 Å². The van der Waals surface area contributed by atoms with E-state index in [0.717, 1.165) is 0 Å². The maximum Gasteiger partial charge on any atom is 0.344 e. The van der Waals surface area contributed by atoms with Gasteiger partial charge in [-0.25, -0.2) is 4.79 Å². The van der Waals surface area contributed by atoms with Crippen molar-refractivity contribution >= 4 is 11.9 Å². The second-order valence-electron chi connectivity index (χ2n) is 1.36. The maximum absolute atomic E-state index is 10.2. The van der Waals surface area contributed by atoms with Gasteiger partial charge in [-0.3, -0.25) is 4.79 Å². The van der Waals surface area contributed by atoms with Crippen LogP contribution in [0.25, 0.3) is 0 Å². The standard InChI is InChI=1S/C5H8O4.C2H6/c1-4(6)9-3-5(7)8-2;1-2/h3H2,1-2H3;1-2H3. The molecule has 0 heterocycles. The minimum Gasteiger partial charge on any atom is -0.466 e. The molecular weight excluding hydrogens is 148 g/mol. The zero-order valence-electron chi connectivity index (χ0n) is 7.34. The van der Waals surface area contributed by atoms with Crippen LogP contribution in [0.15, 0.2) is 0 Å². The number of methoxy groups -OCH3 is 1. The molecule has 0 radical (unpaired) electrons. The third-order valence-corrected chi connectivity index (χ3v) is 0.621. The van der Waals surface area contributed by atoms with Crippen molar-refractivity contribution in [3.63, 3.8) is 0 Å². The largest absolute Gasteiger partial charge is 0.466 e. The molecule has 0 bridgehead atoms. The van der Waals surface area contributed by atoms with Gasteiger partial charge in [0.25, 0.3) is 0 Å². The number of esters is 2. The molecule has 4 nitrogen and oxygen atoms in total. The molecular formula is C7H14O4. The Balaban J connectivity index is 0. The SMILES string of the molecule is CC.COC(=O)COC(C)=O. The van der Waals surface area contributed by atoms with Gasteiger partial charge in [0, 0.05) is 6.92 Å². The van der Waals surface area contributed by atoms with Gasteiger partial charge in [0.2, 0.25) is 0 Å². The van der Waals surface area contributed by atoms with E-state index in [0.29, 0.717) is 0 Å². The molecule has 0 aliphatic rings. The molecule has 0 amide bonds. The minimum atomic E-state index is -0.551. The first-order valence-electron chi connectivity index (χ1n) is 3.37. The lowest BCUT2D eigenvalue weighted by molar-refractivity contribution is -0.155. The van der Waals surface area contributed by atoms with E-state index < -0.39 is 11.9 Å². The topological polar surface area (TPSA) is 52.6 Å². The molecule has 0 aliphatic carbocycles. The van der Waals surface area contributed by atoms with Crippen molar-refractivity contribution < 1.29 is 19.1 Å². The van der Waals surface area contributed by atoms with Crippen LogP contribution in [0.1, 0.15) is 20.8 Å². The van der Waals surface area contributed by atoms with Crippen LogP contribution in [0, 0.1) is 0 Å². The predicted octanol–water partition coefficient (Wildman–Crippen LogP) is 0.749. The third kappa shape index (κ3) is 12.2. The van der Waals surface area contributed by atoms with E-state index in [1.54, 1.807) is 0 Å². The number of ether oxygens (including phenoxy) is 2. The van der Waals surface area contributed by atoms with Crippen molar-refractivity contribution in [3.8, 4) is 0 Å². The fourth-order valence-electron chi connectivity index (χ4n) is 0.219. The van der Waals surface area contributed by atoms with Gasteiger partial charge in [-0.1, -0.05) is 13.8 Å². The van der Waals surface area contributed by atoms with Crippen molar-refractivity contribution in [1.82, 2.24) is 0 Å². The smallest absolute Gasteiger partial charge is 0.344 e. The fourth-order valence-corrected chi connectivity index (χ4v) is 0.219. The average molecular weight is 162 g/mol. The zero-order valence-corrected chi connectivity index (χ0v) is 7.34. The van der Waals surface area contributed by atoms with E-state index in [1.807, 2.05) is 13.8 Å². The summed E-state index contributed by atoms with van der Waals surface area (Å²) in [5.41, 5.74) is 0. The fraction of sp³-hybridized carbons (Fsp3) is 0.714. The molecule has 0 aromatic heterocycles. The molecule has 0 aromatic carbocycles. The lowest BCUT2D eigenvalue weighted by atomic mass is 10.7. The molecule has 0 unspecified atom stereocenters. The molecule has 0 atom stereocenters. The van der Waals surface area contributed by atoms with E-state index in [4.69, 9.17) is 0 Å². The van der Waals surface area contributed by atoms with Gasteiger partial charge < -0.3 is 9.47 Å². The third-order valence-electron chi connectivity index (χ3n) is 0.621. The van der Waals surface area contributed by atoms with Crippen LogP contribution in [-0.2, 0) is 19.1 Å². The van der Waals surface area contributed by atoms with Crippen LogP contribution < -0.4 is 0 Å². The number of hydrogen-bond donors (Lipinski definition) is 0. The first-order valence-corrected chi connectivity index (χ1v) is 3.37. The summed E-state index contributed by atoms with van der Waals surface area (Å²) in [4.78, 5) is 20.3. The molecule has 0 aliphatic heterocycles. The maximum atomic E-state index is 10.2. The summed E-state index contributed by atoms with van der Waals surface area (Å²) in [5, 5.41) is 0. The first-order chi connectivity index (χ1) is 5.16. The van der Waals surface area contributed by atoms with Crippen LogP contribution >= 0.6 is 0 Å². The van der Waals surface area contributed by atoms with Gasteiger partial charge in [0.15, 0.2) is 6.61 Å². The van der Waals surface area contributed by atoms with Crippen LogP contribution in [0.3, 0.4) is 0 Å². The Morgan fingerprint density at radius 1 is 1.27 bits per heavy atom. The van der Waals surface area contributed by atoms with Crippen molar-refractivity contribution in [2.24, 2.45) is 0 Å². The first kappa shape index (κ1) is 12.6. The lowest BCUT2D eigenvalue weighted by Crippen LogP contribution is -2.12. The van der Waals surface area contributed by atoms with Crippen LogP contribution in [0.5, 0.6) is 0 Å². The van der Waals surface area contributed by atoms with Gasteiger partial charge >= 0.3 is 11.9 Å². The quantitative estimate of drug-likeness (QED) is 0.562. The number of carbonyl (C=O) groups is 2. The van der Waals surface area contributed by atoms with E-state index in [-0.39, 0.29) is 6.61 Å². The molecule has 66 valence electrons. The minimum absolute atomic E-state index is 0.300. The predicted molar refractivity (Wildman–Crippen MR) is 40.0 cm³/mol. The number of carbonyl (C=O) groups excluding carboxylic acids is 2. The summed E-state index contributed by atoms with van der Waals surface area (Å²) in [5.74, 6) is -1.04. The second-order valence-corrected chi connectivity index (χ2v) is 1.36. The zero-order chi connectivity index (χ0) is 9.28. The molecule has 0 saturated heterocycles. The second kappa shape index (κ2) is 8.94. The summed E-state index contributed by atoms with van der Waals surface area (Å²) < 4.78 is 8.47. The van der Waals surface area contributed by atoms with E-state index in [1.165, 1.54) is 14.0 Å². The highest BCUT2D eigenvalue weighted by atomic mass is 16.6. The van der Waals surface area contributed by atoms with Gasteiger partial charge in [-0.2, -0.15) is 0 Å². The summed E-state index contributed by atoms with van der Waals surface area (Å²) in [6.07, 6.45) is 0. The van der Waals surface area contributed by atoms with Gasteiger partial charge in [0.05, 0.1) is 7.11 Å². The van der Waals surface area contributed by atoms with Crippen LogP contribution in [-0.4, -0.2) is 25.7 Å². The van der Waals surface area contributed by atoms with Crippen molar-refractivity contribution in [1.29, 1.82) is 0 Å². The highest BCUT2D eigenvalue weighted by Gasteiger charge is 2.00. The van der Waals surface area contributed by atoms with Crippen molar-refractivity contribution in [2.75, 3.05) is 13.7 Å². The number of rotatable bonds is 2. The Morgan fingerprint density at radius 2 is 1.73 bits per heavy atom. The van der Waals surface area contributed by atoms with Crippen LogP contribution in [0.2, 0.25) is 0 Å². The van der Waals surface area contributed by atoms with E-state index in [2.05, 4.69) is 9.47 Å². The summed E-state index contributed by atoms with van der Waals surface area (Å²) in [6.45, 7) is 4.93. The molecule has 0 aromatic rings. The molecule has 0 spiro atoms. The van der Waals surface area contributed by atoms with Crippen LogP contribution in [0.4, 0.5) is 0 Å². The lowest BCUT2D eigenvalue weighted by Gasteiger charge is -1.97. The highest BCUT2D eigenvalue weighted by molar-refractivity contribution is 5.74. The molecule has 0 N–H and O–H groups in total. The monoisotopic (exact) mass is 162 g/mol. The Hall–Kier alpha value is -1.06. The Bertz CT molecular complexity index is 120. The van der Waals surface area contributed by atoms with Crippen molar-refractivity contribution in [3.05, 3.63) is 0 Å². The Kier molecular flexibility index (Phi) is 10.2. The summed E-state index contributed by atoms with van der Waals surface area (Å²) in [7, 11) is 1.23. The molecule has 0 saturated carbocycles. The van der Waals surface area contributed by atoms with Crippen molar-refractivity contribution in [2.45, 2.75) is 20.8 Å². The molecule has 0 rings (SSSR count).